The van der Waals surface area contributed by atoms with Gasteiger partial charge < -0.3 is 41.0 Å². The van der Waals surface area contributed by atoms with E-state index in [9.17, 15) is 33.6 Å². The summed E-state index contributed by atoms with van der Waals surface area (Å²) in [7, 11) is 0. The molecule has 5 amide bonds. The minimum Gasteiger partial charge on any atom is -0.484 e. The number of ether oxygens (including phenoxy) is 2. The van der Waals surface area contributed by atoms with Gasteiger partial charge in [0.05, 0.1) is 0 Å². The molecule has 18 nitrogen and oxygen atoms in total. The highest BCUT2D eigenvalue weighted by molar-refractivity contribution is 5.91. The lowest BCUT2D eigenvalue weighted by Crippen LogP contribution is -2.52. The number of benzene rings is 3. The molecule has 2 heterocycles. The van der Waals surface area contributed by atoms with Crippen molar-refractivity contribution in [3.8, 4) is 28.3 Å². The average molecular weight is 906 g/mol. The molecule has 0 unspecified atom stereocenters. The highest BCUT2D eigenvalue weighted by atomic mass is 16.5. The van der Waals surface area contributed by atoms with Crippen molar-refractivity contribution in [2.24, 2.45) is 0 Å². The molecular formula is C48H59N9O9. The highest BCUT2D eigenvalue weighted by Crippen LogP contribution is 2.44. The number of amides is 5. The van der Waals surface area contributed by atoms with E-state index in [0.29, 0.717) is 74.5 Å². The fourth-order valence-corrected chi connectivity index (χ4v) is 7.81. The second kappa shape index (κ2) is 23.1. The van der Waals surface area contributed by atoms with Crippen LogP contribution in [0.1, 0.15) is 83.3 Å². The Morgan fingerprint density at radius 2 is 1.35 bits per heavy atom. The maximum absolute atomic E-state index is 13.1. The van der Waals surface area contributed by atoms with E-state index < -0.39 is 41.5 Å². The molecule has 66 heavy (non-hydrogen) atoms. The van der Waals surface area contributed by atoms with Crippen LogP contribution in [0.25, 0.3) is 33.7 Å². The Morgan fingerprint density at radius 3 is 2.03 bits per heavy atom. The van der Waals surface area contributed by atoms with Crippen LogP contribution in [0.5, 0.6) is 5.75 Å². The number of carbonyl (C=O) groups excluding carboxylic acids is 5. The minimum absolute atomic E-state index is 0.0184. The summed E-state index contributed by atoms with van der Waals surface area (Å²) in [5.41, 5.74) is 5.03. The van der Waals surface area contributed by atoms with Crippen molar-refractivity contribution < 1.29 is 33.4 Å². The first-order chi connectivity index (χ1) is 31.9. The number of H-pyrrole nitrogens is 1. The number of aromatic amines is 1. The molecule has 0 fully saturated rings. The third-order valence-electron chi connectivity index (χ3n) is 11.2. The van der Waals surface area contributed by atoms with Crippen LogP contribution in [0, 0.1) is 0 Å². The number of aryl methyl sites for hydroxylation is 1. The summed E-state index contributed by atoms with van der Waals surface area (Å²) in [6.07, 6.45) is 2.92. The Labute approximate surface area is 382 Å². The van der Waals surface area contributed by atoms with Crippen LogP contribution < -0.4 is 42.6 Å². The van der Waals surface area contributed by atoms with Crippen LogP contribution in [0.2, 0.25) is 0 Å². The minimum atomic E-state index is -0.900. The highest BCUT2D eigenvalue weighted by Gasteiger charge is 2.29. The first-order valence-electron chi connectivity index (χ1n) is 22.6. The summed E-state index contributed by atoms with van der Waals surface area (Å²) in [5, 5.41) is 13.3. The van der Waals surface area contributed by atoms with Gasteiger partial charge in [-0.25, -0.2) is 14.6 Å². The summed E-state index contributed by atoms with van der Waals surface area (Å²) in [6.45, 7) is 8.18. The molecule has 0 saturated carbocycles. The molecule has 2 atom stereocenters. The average Bonchev–Trinajstić information content (AvgIpc) is 3.90. The Bertz CT molecular complexity index is 2590. The largest absolute Gasteiger partial charge is 0.484 e. The predicted octanol–water partition coefficient (Wildman–Crippen LogP) is 4.09. The van der Waals surface area contributed by atoms with Crippen molar-refractivity contribution in [1.29, 1.82) is 0 Å². The number of rotatable bonds is 23. The number of aromatic nitrogens is 4. The van der Waals surface area contributed by atoms with Crippen molar-refractivity contribution in [1.82, 2.24) is 45.7 Å². The molecule has 350 valence electrons. The fraction of sp³-hybridized carbons (Fsp3) is 0.417. The lowest BCUT2D eigenvalue weighted by Gasteiger charge is -2.18. The molecule has 0 bridgehead atoms. The van der Waals surface area contributed by atoms with Crippen molar-refractivity contribution in [2.75, 3.05) is 32.8 Å². The van der Waals surface area contributed by atoms with Gasteiger partial charge in [-0.1, -0.05) is 68.8 Å². The molecule has 0 radical (unpaired) electrons. The molecule has 1 aliphatic carbocycles. The topological polar surface area (TPSA) is 237 Å². The predicted molar refractivity (Wildman–Crippen MR) is 249 cm³/mol. The maximum Gasteiger partial charge on any atom is 0.407 e. The SMILES string of the molecule is CCCn1c(=O)c2[nH]c(-c3ccc(OCC(=O)NCCNC(=O)[C@H](C)NC(=O)[C@H](C)NC(=O)CCCCCNC(=O)OCC4c5ccccc5-c5ccccc54)cc3)nc2n(CCC)c1=O. The molecule has 2 aromatic heterocycles. The van der Waals surface area contributed by atoms with E-state index in [1.807, 2.05) is 38.1 Å². The summed E-state index contributed by atoms with van der Waals surface area (Å²) in [6, 6.07) is 21.3. The van der Waals surface area contributed by atoms with Gasteiger partial charge >= 0.3 is 11.8 Å². The molecule has 5 aromatic rings. The van der Waals surface area contributed by atoms with E-state index in [4.69, 9.17) is 9.47 Å². The number of hydrogen-bond donors (Lipinski definition) is 6. The zero-order chi connectivity index (χ0) is 47.2. The molecule has 0 saturated heterocycles. The lowest BCUT2D eigenvalue weighted by atomic mass is 9.98. The molecule has 0 aliphatic heterocycles. The van der Waals surface area contributed by atoms with Gasteiger partial charge in [0, 0.05) is 50.6 Å². The third kappa shape index (κ3) is 12.1. The smallest absolute Gasteiger partial charge is 0.407 e. The van der Waals surface area contributed by atoms with Gasteiger partial charge in [0.1, 0.15) is 35.8 Å². The molecular weight excluding hydrogens is 847 g/mol. The van der Waals surface area contributed by atoms with Crippen LogP contribution in [0.3, 0.4) is 0 Å². The summed E-state index contributed by atoms with van der Waals surface area (Å²) >= 11 is 0. The quantitative estimate of drug-likeness (QED) is 0.0514. The van der Waals surface area contributed by atoms with E-state index in [-0.39, 0.29) is 55.8 Å². The van der Waals surface area contributed by atoms with Gasteiger partial charge in [-0.2, -0.15) is 0 Å². The first kappa shape index (κ1) is 48.2. The first-order valence-corrected chi connectivity index (χ1v) is 22.6. The molecule has 0 spiro atoms. The molecule has 6 N–H and O–H groups in total. The Hall–Kier alpha value is -7.24. The lowest BCUT2D eigenvalue weighted by molar-refractivity contribution is -0.131. The van der Waals surface area contributed by atoms with E-state index >= 15 is 0 Å². The Morgan fingerprint density at radius 1 is 0.712 bits per heavy atom. The zero-order valence-corrected chi connectivity index (χ0v) is 37.9. The number of alkyl carbamates (subject to hydrolysis) is 1. The van der Waals surface area contributed by atoms with E-state index in [1.165, 1.54) is 23.0 Å². The molecule has 1 aliphatic rings. The van der Waals surface area contributed by atoms with Crippen LogP contribution >= 0.6 is 0 Å². The molecule has 18 heteroatoms. The number of carbonyl (C=O) groups is 5. The fourth-order valence-electron chi connectivity index (χ4n) is 7.81. The second-order valence-corrected chi connectivity index (χ2v) is 16.2. The van der Waals surface area contributed by atoms with Crippen molar-refractivity contribution in [3.63, 3.8) is 0 Å². The zero-order valence-electron chi connectivity index (χ0n) is 37.9. The number of nitrogens with one attached hydrogen (secondary N) is 6. The van der Waals surface area contributed by atoms with Crippen LogP contribution in [0.4, 0.5) is 4.79 Å². The maximum atomic E-state index is 13.1. The van der Waals surface area contributed by atoms with Crippen LogP contribution in [-0.4, -0.2) is 93.8 Å². The van der Waals surface area contributed by atoms with E-state index in [0.717, 1.165) is 22.3 Å². The van der Waals surface area contributed by atoms with Gasteiger partial charge in [-0.3, -0.25) is 33.1 Å². The van der Waals surface area contributed by atoms with Crippen molar-refractivity contribution in [2.45, 2.75) is 97.3 Å². The number of nitrogens with zero attached hydrogens (tertiary/aromatic N) is 3. The van der Waals surface area contributed by atoms with Gasteiger partial charge in [0.2, 0.25) is 17.7 Å². The summed E-state index contributed by atoms with van der Waals surface area (Å²) in [4.78, 5) is 96.4. The van der Waals surface area contributed by atoms with Gasteiger partial charge in [0.15, 0.2) is 12.3 Å². The normalized spacial score (nSPS) is 12.7. The summed E-state index contributed by atoms with van der Waals surface area (Å²) in [5.74, 6) is -0.901. The number of fused-ring (bicyclic) bond motifs is 4. The number of hydrogen-bond acceptors (Lipinski definition) is 10. The van der Waals surface area contributed by atoms with Crippen molar-refractivity contribution >= 4 is 40.9 Å². The Kier molecular flexibility index (Phi) is 16.9. The second-order valence-electron chi connectivity index (χ2n) is 16.2. The van der Waals surface area contributed by atoms with Gasteiger partial charge in [0.25, 0.3) is 11.5 Å². The standard InChI is InChI=1S/C48H59N9O9/c1-5-26-56-43-41(46(62)57(27-6-2)48(56)64)54-42(55-43)32-19-21-33(22-20-32)65-29-40(59)49-24-25-50-44(60)30(3)53-45(61)31(4)52-39(58)18-8-7-13-23-51-47(63)66-28-38-36-16-11-9-14-34(36)35-15-10-12-17-37(35)38/h9-12,14-17,19-22,30-31,38H,5-8,13,18,23-29H2,1-4H3,(H,49,59)(H,50,60)(H,51,63)(H,52,58)(H,53,61)(H,54,55)/t30-,31-/m0/s1. The Balaban J connectivity index is 0.808. The monoisotopic (exact) mass is 905 g/mol. The third-order valence-corrected chi connectivity index (χ3v) is 11.2. The van der Waals surface area contributed by atoms with E-state index in [2.05, 4.69) is 60.8 Å². The van der Waals surface area contributed by atoms with Crippen molar-refractivity contribution in [3.05, 3.63) is 105 Å². The van der Waals surface area contributed by atoms with Crippen LogP contribution in [0.15, 0.2) is 82.4 Å². The van der Waals surface area contributed by atoms with E-state index in [1.54, 1.807) is 24.3 Å². The molecule has 3 aromatic carbocycles. The van der Waals surface area contributed by atoms with Gasteiger partial charge in [-0.15, -0.1) is 0 Å². The van der Waals surface area contributed by atoms with Crippen LogP contribution in [-0.2, 0) is 37.0 Å². The summed E-state index contributed by atoms with van der Waals surface area (Å²) < 4.78 is 13.9. The molecule has 6 rings (SSSR count). The van der Waals surface area contributed by atoms with Gasteiger partial charge in [-0.05, 0) is 86.1 Å². The number of unbranched alkanes of at least 4 members (excludes halogenated alkanes) is 2. The number of imidazole rings is 1.